The highest BCUT2D eigenvalue weighted by Gasteiger charge is 2.37. The normalized spacial score (nSPS) is 12.5. The number of carbonyl (C=O) groups excluding carboxylic acids is 1. The van der Waals surface area contributed by atoms with Crippen LogP contribution in [-0.2, 0) is 4.43 Å². The highest BCUT2D eigenvalue weighted by atomic mass is 35.5. The lowest BCUT2D eigenvalue weighted by molar-refractivity contribution is 0.0945. The van der Waals surface area contributed by atoms with Gasteiger partial charge in [0.15, 0.2) is 8.32 Å². The fourth-order valence-electron chi connectivity index (χ4n) is 3.29. The summed E-state index contributed by atoms with van der Waals surface area (Å²) in [6.07, 6.45) is 0.696. The Labute approximate surface area is 226 Å². The summed E-state index contributed by atoms with van der Waals surface area (Å²) < 4.78 is 12.2. The number of amides is 1. The summed E-state index contributed by atoms with van der Waals surface area (Å²) in [6.45, 7) is 17.8. The Morgan fingerprint density at radius 1 is 1.19 bits per heavy atom. The van der Waals surface area contributed by atoms with E-state index in [1.807, 2.05) is 19.1 Å². The summed E-state index contributed by atoms with van der Waals surface area (Å²) in [7, 11) is -1.92. The van der Waals surface area contributed by atoms with E-state index < -0.39 is 8.32 Å². The molecule has 1 amide bonds. The van der Waals surface area contributed by atoms with Crippen molar-refractivity contribution in [2.45, 2.75) is 58.2 Å². The second-order valence-electron chi connectivity index (χ2n) is 10.5. The highest BCUT2D eigenvalue weighted by molar-refractivity contribution is 6.74. The minimum absolute atomic E-state index is 0.0487. The third-order valence-electron chi connectivity index (χ3n) is 6.50. The van der Waals surface area contributed by atoms with Crippen LogP contribution in [0.2, 0.25) is 28.2 Å². The van der Waals surface area contributed by atoms with E-state index in [0.29, 0.717) is 40.7 Å². The molecule has 8 heteroatoms. The molecular weight excluding hydrogens is 511 g/mol. The van der Waals surface area contributed by atoms with E-state index in [4.69, 9.17) is 32.4 Å². The van der Waals surface area contributed by atoms with Gasteiger partial charge in [-0.25, -0.2) is 0 Å². The molecule has 1 unspecified atom stereocenters. The minimum atomic E-state index is -1.92. The van der Waals surface area contributed by atoms with Gasteiger partial charge in [0.1, 0.15) is 18.4 Å². The van der Waals surface area contributed by atoms with Crippen LogP contribution in [0.4, 0.5) is 0 Å². The van der Waals surface area contributed by atoms with Crippen LogP contribution < -0.4 is 10.1 Å². The van der Waals surface area contributed by atoms with E-state index in [-0.39, 0.29) is 29.2 Å². The molecule has 2 rings (SSSR count). The van der Waals surface area contributed by atoms with E-state index in [1.54, 1.807) is 24.3 Å². The fraction of sp³-hybridized carbons (Fsp3) is 0.429. The van der Waals surface area contributed by atoms with E-state index in [0.717, 1.165) is 11.1 Å². The van der Waals surface area contributed by atoms with Gasteiger partial charge >= 0.3 is 0 Å². The average molecular weight is 548 g/mol. The van der Waals surface area contributed by atoms with Crippen molar-refractivity contribution in [2.24, 2.45) is 0 Å². The first-order chi connectivity index (χ1) is 16.8. The number of nitrogens with one attached hydrogen (secondary N) is 1. The maximum Gasteiger partial charge on any atom is 0.255 e. The number of para-hydroxylation sites is 1. The zero-order valence-corrected chi connectivity index (χ0v) is 24.5. The quantitative estimate of drug-likeness (QED) is 0.231. The summed E-state index contributed by atoms with van der Waals surface area (Å²) in [5, 5.41) is 13.6. The Bertz CT molecular complexity index is 1140. The van der Waals surface area contributed by atoms with Gasteiger partial charge in [0.05, 0.1) is 21.2 Å². The summed E-state index contributed by atoms with van der Waals surface area (Å²) in [5.41, 5.74) is 2.36. The van der Waals surface area contributed by atoms with E-state index in [1.165, 1.54) is 0 Å². The average Bonchev–Trinajstić information content (AvgIpc) is 2.80. The van der Waals surface area contributed by atoms with Gasteiger partial charge < -0.3 is 14.5 Å². The van der Waals surface area contributed by atoms with Gasteiger partial charge in [-0.15, -0.1) is 0 Å². The molecule has 2 aromatic carbocycles. The molecule has 5 nitrogen and oxygen atoms in total. The topological polar surface area (TPSA) is 71.3 Å². The van der Waals surface area contributed by atoms with Crippen molar-refractivity contribution in [3.8, 4) is 11.8 Å². The number of ether oxygens (including phenoxy) is 1. The van der Waals surface area contributed by atoms with Gasteiger partial charge in [-0.2, -0.15) is 5.26 Å². The van der Waals surface area contributed by atoms with Crippen LogP contribution >= 0.6 is 23.2 Å². The van der Waals surface area contributed by atoms with E-state index in [9.17, 15) is 10.1 Å². The molecule has 0 aromatic heterocycles. The first kappa shape index (κ1) is 29.9. The van der Waals surface area contributed by atoms with Crippen molar-refractivity contribution in [2.75, 3.05) is 19.8 Å². The van der Waals surface area contributed by atoms with Crippen LogP contribution in [0, 0.1) is 11.3 Å². The lowest BCUT2D eigenvalue weighted by Gasteiger charge is -2.36. The largest absolute Gasteiger partial charge is 0.487 e. The van der Waals surface area contributed by atoms with Crippen molar-refractivity contribution < 1.29 is 14.0 Å². The highest BCUT2D eigenvalue weighted by Crippen LogP contribution is 2.37. The zero-order valence-electron chi connectivity index (χ0n) is 22.0. The molecular formula is C28H36Cl2N2O3Si. The maximum atomic E-state index is 13.2. The molecule has 0 saturated heterocycles. The summed E-state index contributed by atoms with van der Waals surface area (Å²) in [4.78, 5) is 13.2. The second-order valence-corrected chi connectivity index (χ2v) is 16.1. The van der Waals surface area contributed by atoms with Crippen molar-refractivity contribution >= 4 is 37.4 Å². The molecule has 0 aliphatic heterocycles. The maximum absolute atomic E-state index is 13.2. The first-order valence-corrected chi connectivity index (χ1v) is 15.6. The molecule has 1 atom stereocenters. The molecule has 2 aromatic rings. The summed E-state index contributed by atoms with van der Waals surface area (Å²) >= 11 is 12.4. The molecule has 0 radical (unpaired) electrons. The molecule has 36 heavy (non-hydrogen) atoms. The van der Waals surface area contributed by atoms with Gasteiger partial charge in [-0.05, 0) is 66.9 Å². The first-order valence-electron chi connectivity index (χ1n) is 11.9. The van der Waals surface area contributed by atoms with Crippen molar-refractivity contribution in [3.05, 3.63) is 75.3 Å². The Kier molecular flexibility index (Phi) is 10.6. The molecule has 0 fully saturated rings. The van der Waals surface area contributed by atoms with Crippen LogP contribution in [0.3, 0.4) is 0 Å². The van der Waals surface area contributed by atoms with Crippen LogP contribution in [0.1, 0.15) is 61.5 Å². The Hall–Kier alpha value is -2.30. The minimum Gasteiger partial charge on any atom is -0.487 e. The van der Waals surface area contributed by atoms with Crippen LogP contribution in [-0.4, -0.2) is 34.0 Å². The summed E-state index contributed by atoms with van der Waals surface area (Å²) in [6, 6.07) is 12.6. The van der Waals surface area contributed by atoms with Gasteiger partial charge in [-0.3, -0.25) is 4.79 Å². The van der Waals surface area contributed by atoms with Gasteiger partial charge in [0.2, 0.25) is 0 Å². The predicted octanol–water partition coefficient (Wildman–Crippen LogP) is 7.75. The molecule has 0 saturated carbocycles. The number of halogens is 2. The third-order valence-corrected chi connectivity index (χ3v) is 11.8. The van der Waals surface area contributed by atoms with Gasteiger partial charge in [0.25, 0.3) is 5.91 Å². The monoisotopic (exact) mass is 546 g/mol. The smallest absolute Gasteiger partial charge is 0.255 e. The molecule has 0 bridgehead atoms. The molecule has 0 heterocycles. The lowest BCUT2D eigenvalue weighted by atomic mass is 9.95. The number of nitrogens with zero attached hydrogens (tertiary/aromatic N) is 1. The van der Waals surface area contributed by atoms with Crippen molar-refractivity contribution in [3.63, 3.8) is 0 Å². The molecule has 1 N–H and O–H groups in total. The van der Waals surface area contributed by atoms with Crippen molar-refractivity contribution in [1.29, 1.82) is 5.26 Å². The molecule has 0 aliphatic carbocycles. The Morgan fingerprint density at radius 3 is 2.47 bits per heavy atom. The van der Waals surface area contributed by atoms with Crippen LogP contribution in [0.15, 0.2) is 48.6 Å². The summed E-state index contributed by atoms with van der Waals surface area (Å²) in [5.74, 6) is -0.112. The standard InChI is InChI=1S/C28H36Cl2N2O3Si/c1-19(2)18-34-26-21(16-31)9-8-10-23(26)27(33)32-17-22(20-11-12-24(29)25(30)15-20)13-14-35-36(6,7)28(3,4)5/h8-12,15,22H,1,13-14,17-18H2,2-7H3,(H,32,33). The lowest BCUT2D eigenvalue weighted by Crippen LogP contribution is -2.41. The Morgan fingerprint density at radius 2 is 1.89 bits per heavy atom. The molecule has 0 spiro atoms. The van der Waals surface area contributed by atoms with Crippen LogP contribution in [0.5, 0.6) is 5.75 Å². The number of carbonyl (C=O) groups is 1. The van der Waals surface area contributed by atoms with Crippen LogP contribution in [0.25, 0.3) is 0 Å². The van der Waals surface area contributed by atoms with Gasteiger partial charge in [0, 0.05) is 19.1 Å². The van der Waals surface area contributed by atoms with E-state index in [2.05, 4.69) is 51.8 Å². The van der Waals surface area contributed by atoms with E-state index >= 15 is 0 Å². The number of benzene rings is 2. The predicted molar refractivity (Wildman–Crippen MR) is 151 cm³/mol. The number of nitriles is 1. The number of hydrogen-bond donors (Lipinski definition) is 1. The second kappa shape index (κ2) is 12.8. The third kappa shape index (κ3) is 8.11. The van der Waals surface area contributed by atoms with Gasteiger partial charge in [-0.1, -0.05) is 62.7 Å². The Balaban J connectivity index is 2.23. The number of rotatable bonds is 11. The number of hydrogen-bond acceptors (Lipinski definition) is 4. The molecule has 0 aliphatic rings. The zero-order chi connectivity index (χ0) is 27.1. The van der Waals surface area contributed by atoms with Crippen molar-refractivity contribution in [1.82, 2.24) is 5.32 Å². The fourth-order valence-corrected chi connectivity index (χ4v) is 4.66. The SMILES string of the molecule is C=C(C)COc1c(C#N)cccc1C(=O)NCC(CCO[Si](C)(C)C(C)(C)C)c1ccc(Cl)c(Cl)c1. The molecule has 194 valence electrons.